The lowest BCUT2D eigenvalue weighted by atomic mass is 9.66. The predicted octanol–water partition coefficient (Wildman–Crippen LogP) is 5.82. The van der Waals surface area contributed by atoms with Crippen LogP contribution in [-0.2, 0) is 16.7 Å². The summed E-state index contributed by atoms with van der Waals surface area (Å²) in [4.78, 5) is 5.34. The van der Waals surface area contributed by atoms with Crippen LogP contribution < -0.4 is 5.73 Å². The zero-order valence-corrected chi connectivity index (χ0v) is 19.9. The van der Waals surface area contributed by atoms with E-state index in [2.05, 4.69) is 61.7 Å². The number of nitrogens with zero attached hydrogens (tertiary/aromatic N) is 1. The fourth-order valence-electron chi connectivity index (χ4n) is 5.72. The molecule has 2 saturated carbocycles. The number of aliphatic imine (C=N–C) groups is 1. The quantitative estimate of drug-likeness (QED) is 0.598. The van der Waals surface area contributed by atoms with Gasteiger partial charge in [-0.3, -0.25) is 4.99 Å². The fourth-order valence-corrected chi connectivity index (χ4v) is 5.72. The van der Waals surface area contributed by atoms with Gasteiger partial charge in [0, 0.05) is 24.2 Å². The summed E-state index contributed by atoms with van der Waals surface area (Å²) in [6, 6.07) is 13.2. The molecule has 2 fully saturated rings. The highest BCUT2D eigenvalue weighted by molar-refractivity contribution is 6.03. The van der Waals surface area contributed by atoms with Crippen LogP contribution in [-0.4, -0.2) is 19.0 Å². The lowest BCUT2D eigenvalue weighted by Crippen LogP contribution is -2.38. The van der Waals surface area contributed by atoms with Crippen molar-refractivity contribution in [3.05, 3.63) is 76.4 Å². The summed E-state index contributed by atoms with van der Waals surface area (Å²) in [5, 5.41) is 0. The molecule has 0 spiro atoms. The van der Waals surface area contributed by atoms with Crippen LogP contribution >= 0.6 is 0 Å². The van der Waals surface area contributed by atoms with E-state index in [4.69, 9.17) is 15.5 Å². The molecule has 5 rings (SSSR count). The van der Waals surface area contributed by atoms with E-state index in [1.54, 1.807) is 0 Å². The number of ether oxygens (including phenoxy) is 1. The van der Waals surface area contributed by atoms with Crippen LogP contribution in [0.5, 0.6) is 0 Å². The number of aryl methyl sites for hydroxylation is 1. The van der Waals surface area contributed by atoms with Crippen molar-refractivity contribution in [2.24, 2.45) is 22.6 Å². The molecule has 1 atom stereocenters. The van der Waals surface area contributed by atoms with Crippen LogP contribution in [0.4, 0.5) is 0 Å². The molecule has 3 nitrogen and oxygen atoms in total. The molecule has 2 aromatic carbocycles. The van der Waals surface area contributed by atoms with E-state index in [-0.39, 0.29) is 0 Å². The van der Waals surface area contributed by atoms with E-state index in [1.807, 2.05) is 13.2 Å². The minimum absolute atomic E-state index is 0.335. The predicted molar refractivity (Wildman–Crippen MR) is 136 cm³/mol. The summed E-state index contributed by atoms with van der Waals surface area (Å²) in [5.41, 5.74) is 13.2. The minimum atomic E-state index is -0.486. The number of hydrogen-bond donors (Lipinski definition) is 1. The zero-order chi connectivity index (χ0) is 23.0. The SMILES string of the molecule is C=Cc1ccc2c(c1)C(c1cc(C#CC3CC3)ccc1CC)(C1CCC(OC)CC1)N=C2N. The third-order valence-electron chi connectivity index (χ3n) is 7.76. The Kier molecular flexibility index (Phi) is 5.89. The summed E-state index contributed by atoms with van der Waals surface area (Å²) < 4.78 is 5.70. The van der Waals surface area contributed by atoms with E-state index in [0.29, 0.717) is 23.8 Å². The highest BCUT2D eigenvalue weighted by Crippen LogP contribution is 2.52. The largest absolute Gasteiger partial charge is 0.383 e. The summed E-state index contributed by atoms with van der Waals surface area (Å²) in [6.07, 6.45) is 9.90. The number of hydrogen-bond acceptors (Lipinski definition) is 3. The fraction of sp³-hybridized carbons (Fsp3) is 0.433. The van der Waals surface area contributed by atoms with Gasteiger partial charge < -0.3 is 10.5 Å². The first-order valence-electron chi connectivity index (χ1n) is 12.4. The normalized spacial score (nSPS) is 26.2. The molecule has 0 saturated heterocycles. The molecule has 2 aromatic rings. The van der Waals surface area contributed by atoms with Gasteiger partial charge in [-0.1, -0.05) is 49.6 Å². The molecule has 0 bridgehead atoms. The van der Waals surface area contributed by atoms with Gasteiger partial charge in [0.2, 0.25) is 0 Å². The minimum Gasteiger partial charge on any atom is -0.383 e. The average molecular weight is 439 g/mol. The number of benzene rings is 2. The molecule has 33 heavy (non-hydrogen) atoms. The van der Waals surface area contributed by atoms with Gasteiger partial charge >= 0.3 is 0 Å². The summed E-state index contributed by atoms with van der Waals surface area (Å²) in [6.45, 7) is 6.25. The van der Waals surface area contributed by atoms with E-state index < -0.39 is 5.54 Å². The van der Waals surface area contributed by atoms with Gasteiger partial charge in [0.05, 0.1) is 6.10 Å². The zero-order valence-electron chi connectivity index (χ0n) is 19.9. The number of fused-ring (bicyclic) bond motifs is 1. The molecule has 2 aliphatic carbocycles. The monoisotopic (exact) mass is 438 g/mol. The molecule has 1 heterocycles. The van der Waals surface area contributed by atoms with Crippen LogP contribution in [0.25, 0.3) is 6.08 Å². The Hall–Kier alpha value is -2.83. The molecular weight excluding hydrogens is 404 g/mol. The Bertz CT molecular complexity index is 1160. The van der Waals surface area contributed by atoms with Crippen molar-refractivity contribution < 1.29 is 4.74 Å². The van der Waals surface area contributed by atoms with E-state index >= 15 is 0 Å². The van der Waals surface area contributed by atoms with Gasteiger partial charge in [0.15, 0.2) is 0 Å². The van der Waals surface area contributed by atoms with Crippen LogP contribution in [0.3, 0.4) is 0 Å². The van der Waals surface area contributed by atoms with Crippen molar-refractivity contribution in [2.45, 2.75) is 63.5 Å². The standard InChI is InChI=1S/C30H34N2O/c1-4-20-11-17-26-28(18-20)30(32-29(26)31,24-13-15-25(33-3)16-14-24)27-19-22(9-8-21-6-7-21)10-12-23(27)5-2/h4,10-12,17-19,21,24-25H,1,5-7,13-16H2,2-3H3,(H2,31,32). The first kappa shape index (κ1) is 22.0. The lowest BCUT2D eigenvalue weighted by Gasteiger charge is -2.41. The molecule has 1 aliphatic heterocycles. The van der Waals surface area contributed by atoms with Crippen molar-refractivity contribution in [1.29, 1.82) is 0 Å². The number of rotatable bonds is 5. The highest BCUT2D eigenvalue weighted by Gasteiger charge is 2.49. The highest BCUT2D eigenvalue weighted by atomic mass is 16.5. The van der Waals surface area contributed by atoms with Gasteiger partial charge in [-0.2, -0.15) is 0 Å². The Morgan fingerprint density at radius 1 is 1.09 bits per heavy atom. The number of methoxy groups -OCH3 is 1. The topological polar surface area (TPSA) is 47.6 Å². The lowest BCUT2D eigenvalue weighted by molar-refractivity contribution is 0.0461. The molecule has 2 N–H and O–H groups in total. The third-order valence-corrected chi connectivity index (χ3v) is 7.76. The molecule has 3 aliphatic rings. The third kappa shape index (κ3) is 3.91. The molecule has 0 amide bonds. The van der Waals surface area contributed by atoms with Gasteiger partial charge in [-0.05, 0) is 91.3 Å². The van der Waals surface area contributed by atoms with E-state index in [9.17, 15) is 0 Å². The Balaban J connectivity index is 1.71. The second-order valence-corrected chi connectivity index (χ2v) is 9.75. The van der Waals surface area contributed by atoms with E-state index in [1.165, 1.54) is 29.5 Å². The first-order valence-corrected chi connectivity index (χ1v) is 12.4. The van der Waals surface area contributed by atoms with Gasteiger partial charge in [0.1, 0.15) is 11.4 Å². The molecule has 0 radical (unpaired) electrons. The van der Waals surface area contributed by atoms with Crippen molar-refractivity contribution >= 4 is 11.9 Å². The smallest absolute Gasteiger partial charge is 0.127 e. The van der Waals surface area contributed by atoms with Crippen molar-refractivity contribution in [2.75, 3.05) is 7.11 Å². The number of amidine groups is 1. The second kappa shape index (κ2) is 8.84. The van der Waals surface area contributed by atoms with Crippen LogP contribution in [0.2, 0.25) is 0 Å². The average Bonchev–Trinajstić information content (AvgIpc) is 3.65. The maximum absolute atomic E-state index is 6.62. The van der Waals surface area contributed by atoms with Gasteiger partial charge in [-0.15, -0.1) is 0 Å². The van der Waals surface area contributed by atoms with Crippen LogP contribution in [0.1, 0.15) is 78.8 Å². The Morgan fingerprint density at radius 3 is 2.55 bits per heavy atom. The van der Waals surface area contributed by atoms with Crippen LogP contribution in [0, 0.1) is 23.7 Å². The molecule has 170 valence electrons. The summed E-state index contributed by atoms with van der Waals surface area (Å²) >= 11 is 0. The molecule has 3 heteroatoms. The van der Waals surface area contributed by atoms with Gasteiger partial charge in [0.25, 0.3) is 0 Å². The Morgan fingerprint density at radius 2 is 1.88 bits per heavy atom. The summed E-state index contributed by atoms with van der Waals surface area (Å²) in [7, 11) is 1.83. The van der Waals surface area contributed by atoms with Crippen molar-refractivity contribution in [1.82, 2.24) is 0 Å². The van der Waals surface area contributed by atoms with E-state index in [0.717, 1.165) is 48.8 Å². The summed E-state index contributed by atoms with van der Waals surface area (Å²) in [5.74, 6) is 8.47. The Labute approximate surface area is 198 Å². The van der Waals surface area contributed by atoms with Gasteiger partial charge in [-0.25, -0.2) is 0 Å². The second-order valence-electron chi connectivity index (χ2n) is 9.75. The maximum atomic E-state index is 6.62. The molecular formula is C30H34N2O. The molecule has 0 aromatic heterocycles. The van der Waals surface area contributed by atoms with Crippen LogP contribution in [0.15, 0.2) is 48.0 Å². The number of nitrogens with two attached hydrogens (primary N) is 1. The first-order chi connectivity index (χ1) is 16.1. The van der Waals surface area contributed by atoms with Crippen molar-refractivity contribution in [3.63, 3.8) is 0 Å². The van der Waals surface area contributed by atoms with Crippen molar-refractivity contribution in [3.8, 4) is 11.8 Å². The molecule has 1 unspecified atom stereocenters. The maximum Gasteiger partial charge on any atom is 0.127 e.